The van der Waals surface area contributed by atoms with Crippen LogP contribution in [0.15, 0.2) is 53.0 Å². The summed E-state index contributed by atoms with van der Waals surface area (Å²) in [6, 6.07) is 18.4. The van der Waals surface area contributed by atoms with Gasteiger partial charge < -0.3 is 9.80 Å². The van der Waals surface area contributed by atoms with Crippen LogP contribution in [0.25, 0.3) is 11.1 Å². The van der Waals surface area contributed by atoms with Gasteiger partial charge in [-0.2, -0.15) is 5.26 Å². The molecular weight excluding hydrogens is 424 g/mol. The number of hydrogen-bond acceptors (Lipinski definition) is 4. The monoisotopic (exact) mass is 446 g/mol. The number of benzene rings is 2. The molecule has 0 bridgehead atoms. The highest BCUT2D eigenvalue weighted by atomic mass is 79.9. The summed E-state index contributed by atoms with van der Waals surface area (Å²) in [5, 5.41) is 9.41. The van der Waals surface area contributed by atoms with Crippen LogP contribution in [0, 0.1) is 25.2 Å². The van der Waals surface area contributed by atoms with Crippen LogP contribution in [0.1, 0.15) is 30.2 Å². The maximum atomic E-state index is 9.41. The van der Waals surface area contributed by atoms with Crippen molar-refractivity contribution in [1.29, 1.82) is 5.26 Å². The van der Waals surface area contributed by atoms with Gasteiger partial charge in [0, 0.05) is 17.2 Å². The SMILES string of the molecule is CCC1N(C)c2c(nc(C)c(Br)c2C)N1c1ccc(-c2ccccc2C#N)cc1. The summed E-state index contributed by atoms with van der Waals surface area (Å²) >= 11 is 3.69. The Morgan fingerprint density at radius 3 is 2.45 bits per heavy atom. The lowest BCUT2D eigenvalue weighted by atomic mass is 10.00. The van der Waals surface area contributed by atoms with E-state index in [2.05, 4.69) is 77.0 Å². The third-order valence-corrected chi connectivity index (χ3v) is 6.85. The average molecular weight is 447 g/mol. The van der Waals surface area contributed by atoms with Crippen molar-refractivity contribution in [2.24, 2.45) is 0 Å². The van der Waals surface area contributed by atoms with Crippen LogP contribution in [-0.2, 0) is 0 Å². The fraction of sp³-hybridized carbons (Fsp3) is 0.250. The largest absolute Gasteiger partial charge is 0.351 e. The minimum absolute atomic E-state index is 0.210. The molecule has 1 aliphatic rings. The van der Waals surface area contributed by atoms with Crippen molar-refractivity contribution in [3.63, 3.8) is 0 Å². The molecule has 4 nitrogen and oxygen atoms in total. The minimum Gasteiger partial charge on any atom is -0.351 e. The predicted octanol–water partition coefficient (Wildman–Crippen LogP) is 6.32. The Morgan fingerprint density at radius 2 is 1.79 bits per heavy atom. The van der Waals surface area contributed by atoms with Crippen molar-refractivity contribution < 1.29 is 0 Å². The molecular formula is C24H23BrN4. The highest BCUT2D eigenvalue weighted by Gasteiger charge is 2.37. The molecule has 0 saturated carbocycles. The minimum atomic E-state index is 0.210. The van der Waals surface area contributed by atoms with E-state index in [4.69, 9.17) is 4.98 Å². The van der Waals surface area contributed by atoms with Gasteiger partial charge in [0.25, 0.3) is 0 Å². The summed E-state index contributed by atoms with van der Waals surface area (Å²) in [5.74, 6) is 1.00. The van der Waals surface area contributed by atoms with E-state index in [1.54, 1.807) is 0 Å². The molecule has 146 valence electrons. The maximum absolute atomic E-state index is 9.41. The summed E-state index contributed by atoms with van der Waals surface area (Å²) in [6.07, 6.45) is 1.18. The Labute approximate surface area is 180 Å². The zero-order valence-corrected chi connectivity index (χ0v) is 18.7. The number of nitriles is 1. The molecule has 0 saturated heterocycles. The van der Waals surface area contributed by atoms with E-state index in [1.807, 2.05) is 31.2 Å². The average Bonchev–Trinajstić information content (AvgIpc) is 3.03. The van der Waals surface area contributed by atoms with Crippen LogP contribution in [0.2, 0.25) is 0 Å². The third-order valence-electron chi connectivity index (χ3n) is 5.68. The van der Waals surface area contributed by atoms with Gasteiger partial charge in [0.1, 0.15) is 6.17 Å². The van der Waals surface area contributed by atoms with Gasteiger partial charge in [-0.05, 0) is 71.1 Å². The fourth-order valence-electron chi connectivity index (χ4n) is 4.24. The highest BCUT2D eigenvalue weighted by molar-refractivity contribution is 9.10. The zero-order valence-electron chi connectivity index (χ0n) is 17.1. The maximum Gasteiger partial charge on any atom is 0.159 e. The molecule has 0 aliphatic carbocycles. The molecule has 2 heterocycles. The molecule has 0 spiro atoms. The predicted molar refractivity (Wildman–Crippen MR) is 123 cm³/mol. The van der Waals surface area contributed by atoms with E-state index in [-0.39, 0.29) is 6.17 Å². The van der Waals surface area contributed by atoms with Crippen LogP contribution >= 0.6 is 15.9 Å². The van der Waals surface area contributed by atoms with Gasteiger partial charge in [0.2, 0.25) is 0 Å². The van der Waals surface area contributed by atoms with Gasteiger partial charge in [-0.1, -0.05) is 37.3 Å². The molecule has 1 unspecified atom stereocenters. The normalized spacial score (nSPS) is 15.4. The molecule has 0 amide bonds. The first-order chi connectivity index (χ1) is 14.0. The summed E-state index contributed by atoms with van der Waals surface area (Å²) < 4.78 is 1.07. The van der Waals surface area contributed by atoms with E-state index in [0.717, 1.165) is 39.2 Å². The van der Waals surface area contributed by atoms with Crippen molar-refractivity contribution in [2.75, 3.05) is 16.8 Å². The number of hydrogen-bond donors (Lipinski definition) is 0. The fourth-order valence-corrected chi connectivity index (χ4v) is 4.52. The number of rotatable bonds is 3. The van der Waals surface area contributed by atoms with Crippen LogP contribution in [0.4, 0.5) is 17.2 Å². The van der Waals surface area contributed by atoms with Crippen LogP contribution in [0.5, 0.6) is 0 Å². The number of fused-ring (bicyclic) bond motifs is 1. The molecule has 4 rings (SSSR count). The summed E-state index contributed by atoms with van der Waals surface area (Å²) in [7, 11) is 2.14. The van der Waals surface area contributed by atoms with Crippen LogP contribution < -0.4 is 9.80 Å². The van der Waals surface area contributed by atoms with Crippen molar-refractivity contribution in [1.82, 2.24) is 4.98 Å². The molecule has 1 atom stereocenters. The smallest absolute Gasteiger partial charge is 0.159 e. The Hall–Kier alpha value is -2.84. The van der Waals surface area contributed by atoms with Gasteiger partial charge >= 0.3 is 0 Å². The Bertz CT molecular complexity index is 1110. The van der Waals surface area contributed by atoms with Gasteiger partial charge in [-0.15, -0.1) is 0 Å². The number of halogens is 1. The Balaban J connectivity index is 1.80. The first-order valence-corrected chi connectivity index (χ1v) is 10.6. The second-order valence-electron chi connectivity index (χ2n) is 7.38. The number of nitrogens with zero attached hydrogens (tertiary/aromatic N) is 4. The molecule has 29 heavy (non-hydrogen) atoms. The number of anilines is 3. The molecule has 0 radical (unpaired) electrons. The molecule has 1 aromatic heterocycles. The number of aryl methyl sites for hydroxylation is 1. The van der Waals surface area contributed by atoms with E-state index in [1.165, 1.54) is 11.3 Å². The second kappa shape index (κ2) is 7.53. The lowest BCUT2D eigenvalue weighted by Gasteiger charge is -2.29. The third kappa shape index (κ3) is 3.08. The van der Waals surface area contributed by atoms with E-state index < -0.39 is 0 Å². The number of pyridine rings is 1. The van der Waals surface area contributed by atoms with Crippen molar-refractivity contribution in [2.45, 2.75) is 33.4 Å². The first-order valence-electron chi connectivity index (χ1n) is 9.76. The van der Waals surface area contributed by atoms with E-state index in [0.29, 0.717) is 5.56 Å². The quantitative estimate of drug-likeness (QED) is 0.471. The van der Waals surface area contributed by atoms with Crippen molar-refractivity contribution >= 4 is 33.1 Å². The van der Waals surface area contributed by atoms with Gasteiger partial charge in [-0.3, -0.25) is 0 Å². The van der Waals surface area contributed by atoms with Gasteiger partial charge in [0.05, 0.1) is 23.0 Å². The molecule has 2 aromatic carbocycles. The Kier molecular flexibility index (Phi) is 5.06. The first kappa shape index (κ1) is 19.5. The van der Waals surface area contributed by atoms with Crippen LogP contribution in [0.3, 0.4) is 0 Å². The summed E-state index contributed by atoms with van der Waals surface area (Å²) in [5.41, 5.74) is 7.19. The standard InChI is InChI=1S/C24H23BrN4/c1-5-21-28(4)23-15(2)22(25)16(3)27-24(23)29(21)19-12-10-17(11-13-19)20-9-7-6-8-18(20)14-26/h6-13,21H,5H2,1-4H3. The molecule has 5 heteroatoms. The van der Waals surface area contributed by atoms with Gasteiger partial charge in [-0.25, -0.2) is 4.98 Å². The summed E-state index contributed by atoms with van der Waals surface area (Å²) in [6.45, 7) is 6.39. The highest BCUT2D eigenvalue weighted by Crippen LogP contribution is 2.47. The van der Waals surface area contributed by atoms with E-state index >= 15 is 0 Å². The topological polar surface area (TPSA) is 43.2 Å². The zero-order chi connectivity index (χ0) is 20.7. The molecule has 0 N–H and O–H groups in total. The summed E-state index contributed by atoms with van der Waals surface area (Å²) in [4.78, 5) is 9.56. The lowest BCUT2D eigenvalue weighted by molar-refractivity contribution is 0.644. The molecule has 0 fully saturated rings. The van der Waals surface area contributed by atoms with Gasteiger partial charge in [0.15, 0.2) is 5.82 Å². The van der Waals surface area contributed by atoms with Crippen LogP contribution in [-0.4, -0.2) is 18.2 Å². The van der Waals surface area contributed by atoms with E-state index in [9.17, 15) is 5.26 Å². The molecule has 1 aliphatic heterocycles. The lowest BCUT2D eigenvalue weighted by Crippen LogP contribution is -2.38. The van der Waals surface area contributed by atoms with Crippen molar-refractivity contribution in [3.8, 4) is 17.2 Å². The second-order valence-corrected chi connectivity index (χ2v) is 8.18. The molecule has 3 aromatic rings. The van der Waals surface area contributed by atoms with Crippen molar-refractivity contribution in [3.05, 3.63) is 69.8 Å². The number of aromatic nitrogens is 1. The Morgan fingerprint density at radius 1 is 1.10 bits per heavy atom.